The molecular formula is C22H23NO5. The predicted octanol–water partition coefficient (Wildman–Crippen LogP) is 2.66. The first-order valence-corrected chi connectivity index (χ1v) is 9.35. The monoisotopic (exact) mass is 381 g/mol. The minimum Gasteiger partial charge on any atom is -0.453 e. The van der Waals surface area contributed by atoms with Gasteiger partial charge in [0, 0.05) is 19.6 Å². The second kappa shape index (κ2) is 8.80. The van der Waals surface area contributed by atoms with Crippen LogP contribution >= 0.6 is 0 Å². The van der Waals surface area contributed by atoms with E-state index < -0.39 is 24.1 Å². The molecule has 28 heavy (non-hydrogen) atoms. The number of amides is 2. The Balaban J connectivity index is 1.91. The van der Waals surface area contributed by atoms with Gasteiger partial charge in [-0.25, -0.2) is 4.79 Å². The molecule has 2 aromatic rings. The lowest BCUT2D eigenvalue weighted by molar-refractivity contribution is -0.172. The van der Waals surface area contributed by atoms with E-state index >= 15 is 0 Å². The highest BCUT2D eigenvalue weighted by Gasteiger charge is 2.45. The molecular weight excluding hydrogens is 358 g/mol. The molecule has 1 fully saturated rings. The molecule has 0 atom stereocenters. The summed E-state index contributed by atoms with van der Waals surface area (Å²) in [5.74, 6) is -1.43. The highest BCUT2D eigenvalue weighted by Crippen LogP contribution is 2.35. The van der Waals surface area contributed by atoms with E-state index in [2.05, 4.69) is 0 Å². The van der Waals surface area contributed by atoms with Gasteiger partial charge >= 0.3 is 5.97 Å². The number of likely N-dealkylation sites (tertiary alicyclic amines) is 1. The quantitative estimate of drug-likeness (QED) is 0.690. The third-order valence-electron chi connectivity index (χ3n) is 4.71. The number of nitrogens with zero attached hydrogens (tertiary/aromatic N) is 1. The first-order chi connectivity index (χ1) is 13.6. The van der Waals surface area contributed by atoms with Crippen LogP contribution in [0.15, 0.2) is 60.7 Å². The number of rotatable bonds is 7. The fraction of sp³-hybridized carbons (Fsp3) is 0.318. The molecule has 0 unspecified atom stereocenters. The molecule has 6 heteroatoms. The molecule has 0 saturated carbocycles. The van der Waals surface area contributed by atoms with Crippen LogP contribution in [0.4, 0.5) is 0 Å². The lowest BCUT2D eigenvalue weighted by Crippen LogP contribution is -2.43. The maximum absolute atomic E-state index is 13.3. The number of carbonyl (C=O) groups is 3. The van der Waals surface area contributed by atoms with Crippen LogP contribution in [0.5, 0.6) is 0 Å². The number of esters is 1. The van der Waals surface area contributed by atoms with E-state index in [9.17, 15) is 14.4 Å². The maximum Gasteiger partial charge on any atom is 0.348 e. The summed E-state index contributed by atoms with van der Waals surface area (Å²) >= 11 is 0. The van der Waals surface area contributed by atoms with Crippen molar-refractivity contribution in [3.05, 3.63) is 71.8 Å². The number of hydrogen-bond acceptors (Lipinski definition) is 5. The lowest BCUT2D eigenvalue weighted by Gasteiger charge is -2.32. The van der Waals surface area contributed by atoms with Crippen molar-refractivity contribution in [2.75, 3.05) is 19.8 Å². The summed E-state index contributed by atoms with van der Waals surface area (Å²) in [6, 6.07) is 18.1. The highest BCUT2D eigenvalue weighted by atomic mass is 16.6. The molecule has 0 N–H and O–H groups in total. The fourth-order valence-electron chi connectivity index (χ4n) is 3.41. The SMILES string of the molecule is CCOC(C(=O)OCC(=O)N1CCCC1=O)(c1ccccc1)c1ccccc1. The summed E-state index contributed by atoms with van der Waals surface area (Å²) < 4.78 is 11.4. The molecule has 2 amide bonds. The van der Waals surface area contributed by atoms with Gasteiger partial charge in [0.1, 0.15) is 0 Å². The zero-order valence-corrected chi connectivity index (χ0v) is 15.8. The Bertz CT molecular complexity index is 795. The van der Waals surface area contributed by atoms with Crippen LogP contribution in [0.1, 0.15) is 30.9 Å². The third kappa shape index (κ3) is 3.82. The van der Waals surface area contributed by atoms with Gasteiger partial charge in [0.15, 0.2) is 6.61 Å². The summed E-state index contributed by atoms with van der Waals surface area (Å²) in [5, 5.41) is 0. The lowest BCUT2D eigenvalue weighted by atomic mass is 9.86. The molecule has 1 saturated heterocycles. The fourth-order valence-corrected chi connectivity index (χ4v) is 3.41. The smallest absolute Gasteiger partial charge is 0.348 e. The number of carbonyl (C=O) groups excluding carboxylic acids is 3. The van der Waals surface area contributed by atoms with Crippen LogP contribution in [-0.4, -0.2) is 42.4 Å². The van der Waals surface area contributed by atoms with Crippen LogP contribution < -0.4 is 0 Å². The first-order valence-electron chi connectivity index (χ1n) is 9.35. The molecule has 0 radical (unpaired) electrons. The van der Waals surface area contributed by atoms with Crippen molar-refractivity contribution in [2.24, 2.45) is 0 Å². The molecule has 0 aliphatic carbocycles. The largest absolute Gasteiger partial charge is 0.453 e. The summed E-state index contributed by atoms with van der Waals surface area (Å²) in [6.45, 7) is 1.92. The normalized spacial score (nSPS) is 14.2. The van der Waals surface area contributed by atoms with Gasteiger partial charge in [0.25, 0.3) is 5.91 Å². The third-order valence-corrected chi connectivity index (χ3v) is 4.71. The second-order valence-electron chi connectivity index (χ2n) is 6.47. The Morgan fingerprint density at radius 3 is 2.04 bits per heavy atom. The summed E-state index contributed by atoms with van der Waals surface area (Å²) in [7, 11) is 0. The highest BCUT2D eigenvalue weighted by molar-refractivity contribution is 5.98. The van der Waals surface area contributed by atoms with Gasteiger partial charge < -0.3 is 9.47 Å². The molecule has 1 aliphatic rings. The van der Waals surface area contributed by atoms with E-state index in [0.29, 0.717) is 30.5 Å². The Morgan fingerprint density at radius 1 is 1.00 bits per heavy atom. The van der Waals surface area contributed by atoms with Gasteiger partial charge in [-0.05, 0) is 24.5 Å². The van der Waals surface area contributed by atoms with Gasteiger partial charge in [-0.15, -0.1) is 0 Å². The van der Waals surface area contributed by atoms with E-state index in [-0.39, 0.29) is 12.5 Å². The van der Waals surface area contributed by atoms with Crippen LogP contribution in [0, 0.1) is 0 Å². The van der Waals surface area contributed by atoms with Gasteiger partial charge in [-0.2, -0.15) is 0 Å². The summed E-state index contributed by atoms with van der Waals surface area (Å²) in [4.78, 5) is 38.4. The van der Waals surface area contributed by atoms with Crippen molar-refractivity contribution >= 4 is 17.8 Å². The molecule has 146 valence electrons. The molecule has 0 aromatic heterocycles. The van der Waals surface area contributed by atoms with E-state index in [4.69, 9.17) is 9.47 Å². The Labute approximate surface area is 164 Å². The van der Waals surface area contributed by atoms with E-state index in [0.717, 1.165) is 4.90 Å². The number of ether oxygens (including phenoxy) is 2. The Kier molecular flexibility index (Phi) is 6.21. The molecule has 0 bridgehead atoms. The van der Waals surface area contributed by atoms with Crippen LogP contribution in [0.25, 0.3) is 0 Å². The number of imide groups is 1. The van der Waals surface area contributed by atoms with Crippen LogP contribution in [-0.2, 0) is 29.5 Å². The Morgan fingerprint density at radius 2 is 1.57 bits per heavy atom. The van der Waals surface area contributed by atoms with E-state index in [1.54, 1.807) is 31.2 Å². The molecule has 3 rings (SSSR count). The van der Waals surface area contributed by atoms with Crippen molar-refractivity contribution in [1.29, 1.82) is 0 Å². The number of benzene rings is 2. The molecule has 6 nitrogen and oxygen atoms in total. The van der Waals surface area contributed by atoms with E-state index in [1.807, 2.05) is 36.4 Å². The average molecular weight is 381 g/mol. The van der Waals surface area contributed by atoms with Crippen molar-refractivity contribution < 1.29 is 23.9 Å². The van der Waals surface area contributed by atoms with Crippen molar-refractivity contribution in [1.82, 2.24) is 4.90 Å². The number of hydrogen-bond donors (Lipinski definition) is 0. The predicted molar refractivity (Wildman–Crippen MR) is 102 cm³/mol. The standard InChI is InChI=1S/C22H23NO5/c1-2-28-22(17-10-5-3-6-11-17,18-12-7-4-8-13-18)21(26)27-16-20(25)23-15-9-14-19(23)24/h3-8,10-13H,2,9,14-16H2,1H3. The average Bonchev–Trinajstić information content (AvgIpc) is 3.17. The zero-order valence-electron chi connectivity index (χ0n) is 15.8. The minimum atomic E-state index is -1.49. The van der Waals surface area contributed by atoms with Gasteiger partial charge in [-0.3, -0.25) is 14.5 Å². The van der Waals surface area contributed by atoms with Gasteiger partial charge in [0.2, 0.25) is 11.5 Å². The second-order valence-corrected chi connectivity index (χ2v) is 6.47. The molecule has 2 aromatic carbocycles. The molecule has 0 spiro atoms. The summed E-state index contributed by atoms with van der Waals surface area (Å²) in [5.41, 5.74) is -0.275. The topological polar surface area (TPSA) is 72.9 Å². The zero-order chi connectivity index (χ0) is 20.0. The van der Waals surface area contributed by atoms with Crippen molar-refractivity contribution in [2.45, 2.75) is 25.4 Å². The van der Waals surface area contributed by atoms with Crippen molar-refractivity contribution in [3.8, 4) is 0 Å². The van der Waals surface area contributed by atoms with Crippen LogP contribution in [0.3, 0.4) is 0 Å². The Hall–Kier alpha value is -2.99. The maximum atomic E-state index is 13.3. The first kappa shape index (κ1) is 19.8. The molecule has 1 heterocycles. The minimum absolute atomic E-state index is 0.233. The van der Waals surface area contributed by atoms with Crippen molar-refractivity contribution in [3.63, 3.8) is 0 Å². The molecule has 1 aliphatic heterocycles. The van der Waals surface area contributed by atoms with E-state index in [1.165, 1.54) is 0 Å². The van der Waals surface area contributed by atoms with Gasteiger partial charge in [0.05, 0.1) is 0 Å². The van der Waals surface area contributed by atoms with Crippen LogP contribution in [0.2, 0.25) is 0 Å². The van der Waals surface area contributed by atoms with Gasteiger partial charge in [-0.1, -0.05) is 60.7 Å². The summed E-state index contributed by atoms with van der Waals surface area (Å²) in [6.07, 6.45) is 0.978.